The molecule has 1 heteroatoms. The largest absolute Gasteiger partial charge is 0.396 e. The minimum atomic E-state index is 0.319. The normalized spacial score (nSPS) is 5.18. The first-order chi connectivity index (χ1) is 8.24. The van der Waals surface area contributed by atoms with Gasteiger partial charge in [-0.15, -0.1) is 39.2 Å². The SMILES string of the molecule is C#C.C=C.C=C.CCC.CCCC.CCCO. The van der Waals surface area contributed by atoms with Crippen molar-refractivity contribution in [3.8, 4) is 12.8 Å². The number of aliphatic hydroxyl groups excluding tert-OH is 1. The van der Waals surface area contributed by atoms with Gasteiger partial charge in [-0.2, -0.15) is 0 Å². The molecule has 0 aromatic carbocycles. The number of terminal acetylenes is 1. The molecule has 0 amide bonds. The Kier molecular flexibility index (Phi) is 389. The van der Waals surface area contributed by atoms with Crippen LogP contribution in [0.15, 0.2) is 26.3 Å². The lowest BCUT2D eigenvalue weighted by atomic mass is 10.4. The Morgan fingerprint density at radius 2 is 0.824 bits per heavy atom. The van der Waals surface area contributed by atoms with E-state index in [4.69, 9.17) is 5.11 Å². The van der Waals surface area contributed by atoms with Crippen molar-refractivity contribution in [2.24, 2.45) is 0 Å². The van der Waals surface area contributed by atoms with Gasteiger partial charge in [-0.05, 0) is 6.42 Å². The molecule has 0 aromatic rings. The molecule has 0 rings (SSSR count). The molecule has 0 bridgehead atoms. The molecule has 1 N–H and O–H groups in total. The zero-order chi connectivity index (χ0) is 15.5. The second-order valence-corrected chi connectivity index (χ2v) is 2.43. The standard InChI is InChI=1S/C4H10.C3H8O.C3H8.2C2H4.C2H2/c1-3-4-2;1-2-3-4;1-3-2;3*1-2/h3-4H2,1-2H3;4H,2-3H2,1H3;3H2,1-2H3;2*1-2H2;1-2H. The smallest absolute Gasteiger partial charge is 0.0428 e. The van der Waals surface area contributed by atoms with E-state index in [0.717, 1.165) is 6.42 Å². The van der Waals surface area contributed by atoms with Crippen LogP contribution in [0.5, 0.6) is 0 Å². The highest BCUT2D eigenvalue weighted by Gasteiger charge is 1.57. The fourth-order valence-corrected chi connectivity index (χ4v) is 0. The molecule has 0 heterocycles. The Morgan fingerprint density at radius 1 is 0.706 bits per heavy atom. The van der Waals surface area contributed by atoms with Crippen molar-refractivity contribution in [3.05, 3.63) is 26.3 Å². The van der Waals surface area contributed by atoms with Gasteiger partial charge in [0.25, 0.3) is 0 Å². The van der Waals surface area contributed by atoms with Gasteiger partial charge in [0, 0.05) is 6.61 Å². The van der Waals surface area contributed by atoms with Crippen LogP contribution in [0, 0.1) is 12.8 Å². The first kappa shape index (κ1) is 36.0. The molecule has 0 saturated heterocycles. The molecule has 0 aromatic heterocycles. The van der Waals surface area contributed by atoms with E-state index in [1.165, 1.54) is 19.3 Å². The van der Waals surface area contributed by atoms with Crippen molar-refractivity contribution in [3.63, 3.8) is 0 Å². The van der Waals surface area contributed by atoms with Crippen LogP contribution >= 0.6 is 0 Å². The van der Waals surface area contributed by atoms with Gasteiger partial charge in [0.1, 0.15) is 0 Å². The summed E-state index contributed by atoms with van der Waals surface area (Å²) in [7, 11) is 0. The van der Waals surface area contributed by atoms with Crippen molar-refractivity contribution in [2.45, 2.75) is 60.3 Å². The molecule has 0 aliphatic carbocycles. The van der Waals surface area contributed by atoms with Gasteiger partial charge in [0.2, 0.25) is 0 Å². The van der Waals surface area contributed by atoms with Gasteiger partial charge in [-0.1, -0.05) is 53.9 Å². The summed E-state index contributed by atoms with van der Waals surface area (Å²) in [5.41, 5.74) is 0. The van der Waals surface area contributed by atoms with E-state index in [0.29, 0.717) is 6.61 Å². The lowest BCUT2D eigenvalue weighted by Gasteiger charge is -1.69. The lowest BCUT2D eigenvalue weighted by Crippen LogP contribution is -1.69. The van der Waals surface area contributed by atoms with Crippen LogP contribution in [0.3, 0.4) is 0 Å². The second kappa shape index (κ2) is 184. The maximum atomic E-state index is 7.88. The predicted molar refractivity (Wildman–Crippen MR) is 86.3 cm³/mol. The van der Waals surface area contributed by atoms with E-state index in [1.807, 2.05) is 6.92 Å². The highest BCUT2D eigenvalue weighted by Crippen LogP contribution is 1.76. The number of unbranched alkanes of at least 4 members (excludes halogenated alkanes) is 1. The maximum Gasteiger partial charge on any atom is 0.0428 e. The first-order valence-corrected chi connectivity index (χ1v) is 6.19. The van der Waals surface area contributed by atoms with Crippen LogP contribution in [0.25, 0.3) is 0 Å². The Balaban J connectivity index is -0.0000000221. The summed E-state index contributed by atoms with van der Waals surface area (Å²) in [5, 5.41) is 7.88. The molecule has 0 aliphatic rings. The first-order valence-electron chi connectivity index (χ1n) is 6.19. The fourth-order valence-electron chi connectivity index (χ4n) is 0. The van der Waals surface area contributed by atoms with Crippen LogP contribution in [0.2, 0.25) is 0 Å². The molecular formula is C16H36O. The zero-order valence-electron chi connectivity index (χ0n) is 13.0. The number of hydrogen-bond acceptors (Lipinski definition) is 1. The van der Waals surface area contributed by atoms with Gasteiger partial charge in [-0.25, -0.2) is 0 Å². The van der Waals surface area contributed by atoms with Gasteiger partial charge in [0.15, 0.2) is 0 Å². The van der Waals surface area contributed by atoms with Gasteiger partial charge in [-0.3, -0.25) is 0 Å². The van der Waals surface area contributed by atoms with E-state index in [9.17, 15) is 0 Å². The Morgan fingerprint density at radius 3 is 0.824 bits per heavy atom. The molecule has 0 radical (unpaired) electrons. The average Bonchev–Trinajstić information content (AvgIpc) is 2.46. The van der Waals surface area contributed by atoms with Crippen LogP contribution in [0.1, 0.15) is 60.3 Å². The summed E-state index contributed by atoms with van der Waals surface area (Å²) in [6.07, 6.45) is 12.8. The van der Waals surface area contributed by atoms with Gasteiger partial charge >= 0.3 is 0 Å². The quantitative estimate of drug-likeness (QED) is 0.505. The number of rotatable bonds is 2. The summed E-state index contributed by atoms with van der Waals surface area (Å²) in [6, 6.07) is 0. The minimum Gasteiger partial charge on any atom is -0.396 e. The zero-order valence-corrected chi connectivity index (χ0v) is 13.0. The molecule has 0 atom stereocenters. The molecule has 0 saturated carbocycles. The minimum absolute atomic E-state index is 0.319. The van der Waals surface area contributed by atoms with Crippen molar-refractivity contribution in [1.82, 2.24) is 0 Å². The van der Waals surface area contributed by atoms with Crippen LogP contribution in [0.4, 0.5) is 0 Å². The lowest BCUT2D eigenvalue weighted by molar-refractivity contribution is 0.295. The monoisotopic (exact) mass is 244 g/mol. The number of hydrogen-bond donors (Lipinski definition) is 1. The number of aliphatic hydroxyl groups is 1. The third-order valence-corrected chi connectivity index (χ3v) is 0.724. The molecule has 0 aliphatic heterocycles. The van der Waals surface area contributed by atoms with Crippen molar-refractivity contribution in [2.75, 3.05) is 6.61 Å². The molecule has 0 unspecified atom stereocenters. The molecule has 1 nitrogen and oxygen atoms in total. The third-order valence-electron chi connectivity index (χ3n) is 0.724. The Labute approximate surface area is 112 Å². The Bertz CT molecular complexity index is 57.2. The summed E-state index contributed by atoms with van der Waals surface area (Å²) < 4.78 is 0. The van der Waals surface area contributed by atoms with E-state index < -0.39 is 0 Å². The highest BCUT2D eigenvalue weighted by atomic mass is 16.2. The molecule has 17 heavy (non-hydrogen) atoms. The summed E-state index contributed by atoms with van der Waals surface area (Å²) in [5.74, 6) is 0. The summed E-state index contributed by atoms with van der Waals surface area (Å²) in [6.45, 7) is 22.9. The predicted octanol–water partition coefficient (Wildman–Crippen LogP) is 5.47. The van der Waals surface area contributed by atoms with Crippen molar-refractivity contribution < 1.29 is 5.11 Å². The average molecular weight is 244 g/mol. The molecule has 106 valence electrons. The van der Waals surface area contributed by atoms with Crippen LogP contribution < -0.4 is 0 Å². The van der Waals surface area contributed by atoms with E-state index in [-0.39, 0.29) is 0 Å². The summed E-state index contributed by atoms with van der Waals surface area (Å²) in [4.78, 5) is 0. The summed E-state index contributed by atoms with van der Waals surface area (Å²) >= 11 is 0. The molecular weight excluding hydrogens is 208 g/mol. The topological polar surface area (TPSA) is 20.2 Å². The van der Waals surface area contributed by atoms with E-state index >= 15 is 0 Å². The highest BCUT2D eigenvalue weighted by molar-refractivity contribution is 4.47. The molecule has 0 fully saturated rings. The second-order valence-electron chi connectivity index (χ2n) is 2.43. The third kappa shape index (κ3) is 2540. The maximum absolute atomic E-state index is 7.88. The van der Waals surface area contributed by atoms with E-state index in [1.54, 1.807) is 0 Å². The Hall–Kier alpha value is -1.00. The van der Waals surface area contributed by atoms with Gasteiger partial charge in [0.05, 0.1) is 0 Å². The van der Waals surface area contributed by atoms with Crippen molar-refractivity contribution >= 4 is 0 Å². The van der Waals surface area contributed by atoms with Crippen LogP contribution in [-0.4, -0.2) is 11.7 Å². The molecule has 0 spiro atoms. The van der Waals surface area contributed by atoms with Gasteiger partial charge < -0.3 is 5.11 Å². The van der Waals surface area contributed by atoms with Crippen LogP contribution in [-0.2, 0) is 0 Å². The fraction of sp³-hybridized carbons (Fsp3) is 0.625. The van der Waals surface area contributed by atoms with E-state index in [2.05, 4.69) is 66.9 Å². The van der Waals surface area contributed by atoms with Crippen molar-refractivity contribution in [1.29, 1.82) is 0 Å².